The van der Waals surface area contributed by atoms with E-state index in [-0.39, 0.29) is 5.82 Å². The Hall–Kier alpha value is -1.75. The maximum absolute atomic E-state index is 14.1. The highest BCUT2D eigenvalue weighted by molar-refractivity contribution is 5.59. The summed E-state index contributed by atoms with van der Waals surface area (Å²) < 4.78 is 15.9. The summed E-state index contributed by atoms with van der Waals surface area (Å²) in [5.41, 5.74) is 2.37. The van der Waals surface area contributed by atoms with Crippen molar-refractivity contribution in [2.75, 3.05) is 6.54 Å². The summed E-state index contributed by atoms with van der Waals surface area (Å²) in [6.45, 7) is 6.42. The number of aromatic nitrogens is 3. The predicted molar refractivity (Wildman–Crippen MR) is 77.7 cm³/mol. The van der Waals surface area contributed by atoms with E-state index >= 15 is 0 Å². The van der Waals surface area contributed by atoms with Gasteiger partial charge in [-0.3, -0.25) is 0 Å². The van der Waals surface area contributed by atoms with Gasteiger partial charge in [0, 0.05) is 24.2 Å². The van der Waals surface area contributed by atoms with Crippen LogP contribution in [-0.2, 0) is 13.1 Å². The van der Waals surface area contributed by atoms with Crippen molar-refractivity contribution < 1.29 is 4.39 Å². The van der Waals surface area contributed by atoms with E-state index in [9.17, 15) is 4.39 Å². The molecule has 1 aromatic carbocycles. The average Bonchev–Trinajstić information content (AvgIpc) is 2.89. The number of aryl methyl sites for hydroxylation is 1. The van der Waals surface area contributed by atoms with Crippen LogP contribution >= 0.6 is 0 Å². The molecule has 1 N–H and O–H groups in total. The second kappa shape index (κ2) is 7.14. The molecule has 0 unspecified atom stereocenters. The van der Waals surface area contributed by atoms with Crippen molar-refractivity contribution in [3.05, 3.63) is 35.8 Å². The summed E-state index contributed by atoms with van der Waals surface area (Å²) in [5.74, 6) is -0.185. The Labute approximate surface area is 119 Å². The summed E-state index contributed by atoms with van der Waals surface area (Å²) in [5, 5.41) is 11.1. The molecule has 5 heteroatoms. The van der Waals surface area contributed by atoms with E-state index in [1.165, 1.54) is 0 Å². The van der Waals surface area contributed by atoms with Crippen molar-refractivity contribution in [3.8, 4) is 11.3 Å². The highest BCUT2D eigenvalue weighted by atomic mass is 19.1. The molecule has 108 valence electrons. The molecule has 1 aromatic heterocycles. The molecule has 4 nitrogen and oxygen atoms in total. The van der Waals surface area contributed by atoms with E-state index in [1.807, 2.05) is 16.8 Å². The smallest absolute Gasteiger partial charge is 0.128 e. The molecular weight excluding hydrogens is 255 g/mol. The van der Waals surface area contributed by atoms with Crippen molar-refractivity contribution in [2.24, 2.45) is 0 Å². The molecule has 1 heterocycles. The minimum absolute atomic E-state index is 0.185. The van der Waals surface area contributed by atoms with Gasteiger partial charge in [-0.1, -0.05) is 31.2 Å². The molecule has 0 radical (unpaired) electrons. The molecule has 2 aromatic rings. The third-order valence-electron chi connectivity index (χ3n) is 3.14. The van der Waals surface area contributed by atoms with Gasteiger partial charge in [-0.05, 0) is 25.5 Å². The van der Waals surface area contributed by atoms with Crippen LogP contribution in [-0.4, -0.2) is 21.5 Å². The molecule has 0 bridgehead atoms. The lowest BCUT2D eigenvalue weighted by molar-refractivity contribution is 0.579. The lowest BCUT2D eigenvalue weighted by Gasteiger charge is -2.08. The van der Waals surface area contributed by atoms with E-state index in [2.05, 4.69) is 29.5 Å². The molecule has 0 amide bonds. The average molecular weight is 276 g/mol. The highest BCUT2D eigenvalue weighted by Crippen LogP contribution is 2.21. The second-order valence-electron chi connectivity index (χ2n) is 4.83. The predicted octanol–water partition coefficient (Wildman–Crippen LogP) is 2.99. The third kappa shape index (κ3) is 3.42. The Balaban J connectivity index is 2.17. The Morgan fingerprint density at radius 2 is 2.10 bits per heavy atom. The molecule has 0 aliphatic carbocycles. The summed E-state index contributed by atoms with van der Waals surface area (Å²) in [4.78, 5) is 0. The standard InChI is InChI=1S/C15H21FN4/c1-3-7-17-10-13-6-5-12(9-14(13)16)15-11-18-19-20(15)8-4-2/h5-6,9,11,17H,3-4,7-8,10H2,1-2H3. The Morgan fingerprint density at radius 1 is 1.25 bits per heavy atom. The Kier molecular flexibility index (Phi) is 5.24. The Morgan fingerprint density at radius 3 is 2.80 bits per heavy atom. The molecule has 0 saturated heterocycles. The largest absolute Gasteiger partial charge is 0.313 e. The molecule has 0 spiro atoms. The van der Waals surface area contributed by atoms with Crippen molar-refractivity contribution in [1.82, 2.24) is 20.3 Å². The topological polar surface area (TPSA) is 42.7 Å². The van der Waals surface area contributed by atoms with E-state index in [0.717, 1.165) is 37.2 Å². The zero-order valence-electron chi connectivity index (χ0n) is 12.1. The number of hydrogen-bond donors (Lipinski definition) is 1. The van der Waals surface area contributed by atoms with Crippen molar-refractivity contribution in [1.29, 1.82) is 0 Å². The fraction of sp³-hybridized carbons (Fsp3) is 0.467. The molecule has 20 heavy (non-hydrogen) atoms. The van der Waals surface area contributed by atoms with Gasteiger partial charge < -0.3 is 5.32 Å². The van der Waals surface area contributed by atoms with Gasteiger partial charge in [0.1, 0.15) is 5.82 Å². The first-order valence-electron chi connectivity index (χ1n) is 7.14. The number of nitrogens with one attached hydrogen (secondary N) is 1. The number of halogens is 1. The van der Waals surface area contributed by atoms with Crippen LogP contribution in [0.3, 0.4) is 0 Å². The molecule has 0 aliphatic heterocycles. The maximum Gasteiger partial charge on any atom is 0.128 e. The van der Waals surface area contributed by atoms with Crippen LogP contribution in [0.4, 0.5) is 4.39 Å². The van der Waals surface area contributed by atoms with Crippen LogP contribution in [0, 0.1) is 5.82 Å². The lowest BCUT2D eigenvalue weighted by Crippen LogP contribution is -2.14. The molecule has 0 aliphatic rings. The molecule has 0 saturated carbocycles. The number of benzene rings is 1. The first kappa shape index (κ1) is 14.7. The molecular formula is C15H21FN4. The van der Waals surface area contributed by atoms with Gasteiger partial charge >= 0.3 is 0 Å². The first-order chi connectivity index (χ1) is 9.76. The quantitative estimate of drug-likeness (QED) is 0.791. The van der Waals surface area contributed by atoms with E-state index in [0.29, 0.717) is 12.1 Å². The van der Waals surface area contributed by atoms with Gasteiger partial charge in [0.05, 0.1) is 11.9 Å². The van der Waals surface area contributed by atoms with Gasteiger partial charge in [0.2, 0.25) is 0 Å². The van der Waals surface area contributed by atoms with E-state index < -0.39 is 0 Å². The lowest BCUT2D eigenvalue weighted by atomic mass is 10.1. The number of nitrogens with zero attached hydrogens (tertiary/aromatic N) is 3. The van der Waals surface area contributed by atoms with Crippen molar-refractivity contribution in [3.63, 3.8) is 0 Å². The number of rotatable bonds is 7. The summed E-state index contributed by atoms with van der Waals surface area (Å²) >= 11 is 0. The monoisotopic (exact) mass is 276 g/mol. The highest BCUT2D eigenvalue weighted by Gasteiger charge is 2.09. The maximum atomic E-state index is 14.1. The normalized spacial score (nSPS) is 10.9. The minimum Gasteiger partial charge on any atom is -0.313 e. The van der Waals surface area contributed by atoms with Crippen LogP contribution < -0.4 is 5.32 Å². The minimum atomic E-state index is -0.185. The van der Waals surface area contributed by atoms with Gasteiger partial charge in [0.25, 0.3) is 0 Å². The van der Waals surface area contributed by atoms with Crippen LogP contribution in [0.2, 0.25) is 0 Å². The second-order valence-corrected chi connectivity index (χ2v) is 4.83. The molecule has 2 rings (SSSR count). The van der Waals surface area contributed by atoms with Crippen LogP contribution in [0.1, 0.15) is 32.3 Å². The van der Waals surface area contributed by atoms with Crippen LogP contribution in [0.25, 0.3) is 11.3 Å². The zero-order valence-corrected chi connectivity index (χ0v) is 12.1. The SMILES string of the molecule is CCCNCc1ccc(-c2cnnn2CCC)cc1F. The van der Waals surface area contributed by atoms with Crippen LogP contribution in [0.5, 0.6) is 0 Å². The van der Waals surface area contributed by atoms with Gasteiger partial charge in [-0.25, -0.2) is 9.07 Å². The third-order valence-corrected chi connectivity index (χ3v) is 3.14. The van der Waals surface area contributed by atoms with E-state index in [4.69, 9.17) is 0 Å². The van der Waals surface area contributed by atoms with Crippen LogP contribution in [0.15, 0.2) is 24.4 Å². The Bertz CT molecular complexity index is 551. The zero-order chi connectivity index (χ0) is 14.4. The summed E-state index contributed by atoms with van der Waals surface area (Å²) in [6.07, 6.45) is 3.69. The van der Waals surface area contributed by atoms with Crippen molar-refractivity contribution >= 4 is 0 Å². The molecule has 0 fully saturated rings. The van der Waals surface area contributed by atoms with Gasteiger partial charge in [0.15, 0.2) is 0 Å². The summed E-state index contributed by atoms with van der Waals surface area (Å²) in [7, 11) is 0. The van der Waals surface area contributed by atoms with E-state index in [1.54, 1.807) is 12.3 Å². The first-order valence-corrected chi connectivity index (χ1v) is 7.14. The van der Waals surface area contributed by atoms with Gasteiger partial charge in [-0.15, -0.1) is 5.10 Å². The van der Waals surface area contributed by atoms with Gasteiger partial charge in [-0.2, -0.15) is 0 Å². The van der Waals surface area contributed by atoms with Crippen molar-refractivity contribution in [2.45, 2.75) is 39.8 Å². The number of hydrogen-bond acceptors (Lipinski definition) is 3. The fourth-order valence-electron chi connectivity index (χ4n) is 2.11. The molecule has 0 atom stereocenters. The fourth-order valence-corrected chi connectivity index (χ4v) is 2.11. The summed E-state index contributed by atoms with van der Waals surface area (Å²) in [6, 6.07) is 5.32.